The second-order valence-electron chi connectivity index (χ2n) is 6.09. The molecule has 0 saturated carbocycles. The van der Waals surface area contributed by atoms with Crippen molar-refractivity contribution in [1.82, 2.24) is 14.8 Å². The highest BCUT2D eigenvalue weighted by atomic mass is 19.4. The fraction of sp³-hybridized carbons (Fsp3) is 0.211. The second-order valence-corrected chi connectivity index (χ2v) is 6.09. The molecular formula is C19H16F3N5. The highest BCUT2D eigenvalue weighted by Crippen LogP contribution is 2.31. The minimum absolute atomic E-state index is 0.0583. The van der Waals surface area contributed by atoms with Crippen molar-refractivity contribution in [2.24, 2.45) is 0 Å². The SMILES string of the molecule is Cc1cc(C)n(-c2ccc(CNc3ccc(C(F)(F)F)cc3C#N)cn2)n1. The van der Waals surface area contributed by atoms with Gasteiger partial charge in [-0.05, 0) is 49.7 Å². The first-order valence-corrected chi connectivity index (χ1v) is 8.12. The van der Waals surface area contributed by atoms with E-state index < -0.39 is 11.7 Å². The summed E-state index contributed by atoms with van der Waals surface area (Å²) < 4.78 is 40.0. The summed E-state index contributed by atoms with van der Waals surface area (Å²) in [6.07, 6.45) is -2.82. The summed E-state index contributed by atoms with van der Waals surface area (Å²) in [6, 6.07) is 10.5. The number of halogens is 3. The standard InChI is InChI=1S/C19H16F3N5/c1-12-7-13(2)27(26-12)18-6-3-14(11-25-18)10-24-17-5-4-16(19(20,21)22)8-15(17)9-23/h3-8,11,24H,10H2,1-2H3. The lowest BCUT2D eigenvalue weighted by molar-refractivity contribution is -0.137. The highest BCUT2D eigenvalue weighted by Gasteiger charge is 2.31. The number of benzene rings is 1. The molecule has 0 saturated heterocycles. The molecule has 0 atom stereocenters. The predicted octanol–water partition coefficient (Wildman–Crippen LogP) is 4.39. The van der Waals surface area contributed by atoms with Crippen LogP contribution in [0.1, 0.15) is 28.1 Å². The Kier molecular flexibility index (Phi) is 4.86. The molecule has 8 heteroatoms. The number of rotatable bonds is 4. The van der Waals surface area contributed by atoms with Crippen LogP contribution in [-0.2, 0) is 12.7 Å². The topological polar surface area (TPSA) is 66.5 Å². The molecule has 1 aromatic carbocycles. The van der Waals surface area contributed by atoms with Gasteiger partial charge in [0.2, 0.25) is 0 Å². The van der Waals surface area contributed by atoms with E-state index in [4.69, 9.17) is 5.26 Å². The maximum absolute atomic E-state index is 12.7. The zero-order chi connectivity index (χ0) is 19.6. The first-order valence-electron chi connectivity index (χ1n) is 8.12. The number of nitrogens with one attached hydrogen (secondary N) is 1. The molecule has 0 aliphatic heterocycles. The second kappa shape index (κ2) is 7.11. The number of hydrogen-bond acceptors (Lipinski definition) is 4. The van der Waals surface area contributed by atoms with Crippen LogP contribution in [0.5, 0.6) is 0 Å². The quantitative estimate of drug-likeness (QED) is 0.739. The van der Waals surface area contributed by atoms with Crippen molar-refractivity contribution >= 4 is 5.69 Å². The van der Waals surface area contributed by atoms with Crippen LogP contribution < -0.4 is 5.32 Å². The summed E-state index contributed by atoms with van der Waals surface area (Å²) in [7, 11) is 0. The first-order chi connectivity index (χ1) is 12.8. The van der Waals surface area contributed by atoms with Crippen LogP contribution in [0, 0.1) is 25.2 Å². The van der Waals surface area contributed by atoms with Gasteiger partial charge in [-0.25, -0.2) is 9.67 Å². The van der Waals surface area contributed by atoms with Crippen LogP contribution in [0.3, 0.4) is 0 Å². The van der Waals surface area contributed by atoms with E-state index in [2.05, 4.69) is 15.4 Å². The molecule has 1 N–H and O–H groups in total. The number of pyridine rings is 1. The van der Waals surface area contributed by atoms with E-state index >= 15 is 0 Å². The molecule has 0 fully saturated rings. The third-order valence-corrected chi connectivity index (χ3v) is 3.99. The Morgan fingerprint density at radius 1 is 1.15 bits per heavy atom. The summed E-state index contributed by atoms with van der Waals surface area (Å²) >= 11 is 0. The minimum atomic E-state index is -4.48. The highest BCUT2D eigenvalue weighted by molar-refractivity contribution is 5.59. The Bertz CT molecular complexity index is 998. The summed E-state index contributed by atoms with van der Waals surface area (Å²) in [4.78, 5) is 4.37. The Hall–Kier alpha value is -3.34. The lowest BCUT2D eigenvalue weighted by atomic mass is 10.1. The van der Waals surface area contributed by atoms with Gasteiger partial charge in [0.15, 0.2) is 5.82 Å². The van der Waals surface area contributed by atoms with Crippen LogP contribution >= 0.6 is 0 Å². The van der Waals surface area contributed by atoms with Crippen molar-refractivity contribution in [3.63, 3.8) is 0 Å². The molecule has 0 aliphatic carbocycles. The maximum Gasteiger partial charge on any atom is 0.416 e. The molecule has 2 aromatic heterocycles. The fourth-order valence-corrected chi connectivity index (χ4v) is 2.67. The molecule has 0 unspecified atom stereocenters. The molecule has 138 valence electrons. The number of alkyl halides is 3. The van der Waals surface area contributed by atoms with E-state index in [0.29, 0.717) is 18.1 Å². The maximum atomic E-state index is 12.7. The summed E-state index contributed by atoms with van der Waals surface area (Å²) in [6.45, 7) is 4.16. The van der Waals surface area contributed by atoms with E-state index in [1.165, 1.54) is 6.07 Å². The molecule has 0 amide bonds. The third-order valence-electron chi connectivity index (χ3n) is 3.99. The third kappa shape index (κ3) is 4.08. The average molecular weight is 371 g/mol. The van der Waals surface area contributed by atoms with Gasteiger partial charge in [-0.1, -0.05) is 6.07 Å². The van der Waals surface area contributed by atoms with E-state index in [0.717, 1.165) is 29.1 Å². The monoisotopic (exact) mass is 371 g/mol. The Morgan fingerprint density at radius 2 is 1.93 bits per heavy atom. The fourth-order valence-electron chi connectivity index (χ4n) is 2.67. The zero-order valence-corrected chi connectivity index (χ0v) is 14.7. The molecule has 0 radical (unpaired) electrons. The van der Waals surface area contributed by atoms with Gasteiger partial charge in [0, 0.05) is 18.4 Å². The number of anilines is 1. The molecule has 3 rings (SSSR count). The number of nitriles is 1. The van der Waals surface area contributed by atoms with Crippen LogP contribution in [0.25, 0.3) is 5.82 Å². The molecule has 2 heterocycles. The molecule has 3 aromatic rings. The van der Waals surface area contributed by atoms with E-state index in [9.17, 15) is 13.2 Å². The van der Waals surface area contributed by atoms with Crippen molar-refractivity contribution in [2.45, 2.75) is 26.6 Å². The Labute approximate surface area is 154 Å². The predicted molar refractivity (Wildman–Crippen MR) is 94.3 cm³/mol. The van der Waals surface area contributed by atoms with Crippen molar-refractivity contribution in [3.05, 3.63) is 70.7 Å². The number of aryl methyl sites for hydroxylation is 2. The van der Waals surface area contributed by atoms with Crippen LogP contribution in [0.15, 0.2) is 42.6 Å². The van der Waals surface area contributed by atoms with Gasteiger partial charge in [0.1, 0.15) is 6.07 Å². The van der Waals surface area contributed by atoms with Crippen molar-refractivity contribution in [2.75, 3.05) is 5.32 Å². The van der Waals surface area contributed by atoms with E-state index in [1.54, 1.807) is 16.9 Å². The van der Waals surface area contributed by atoms with E-state index in [-0.39, 0.29) is 5.56 Å². The normalized spacial score (nSPS) is 11.3. The minimum Gasteiger partial charge on any atom is -0.380 e. The molecule has 27 heavy (non-hydrogen) atoms. The summed E-state index contributed by atoms with van der Waals surface area (Å²) in [5.74, 6) is 0.677. The van der Waals surface area contributed by atoms with Crippen molar-refractivity contribution < 1.29 is 13.2 Å². The van der Waals surface area contributed by atoms with Gasteiger partial charge >= 0.3 is 6.18 Å². The molecule has 0 aliphatic rings. The summed E-state index contributed by atoms with van der Waals surface area (Å²) in [5.41, 5.74) is 2.12. The smallest absolute Gasteiger partial charge is 0.380 e. The number of nitrogens with zero attached hydrogens (tertiary/aromatic N) is 4. The summed E-state index contributed by atoms with van der Waals surface area (Å²) in [5, 5.41) is 16.5. The Morgan fingerprint density at radius 3 is 2.48 bits per heavy atom. The van der Waals surface area contributed by atoms with Crippen molar-refractivity contribution in [3.8, 4) is 11.9 Å². The van der Waals surface area contributed by atoms with E-state index in [1.807, 2.05) is 32.0 Å². The zero-order valence-electron chi connectivity index (χ0n) is 14.7. The molecular weight excluding hydrogens is 355 g/mol. The van der Waals surface area contributed by atoms with Gasteiger partial charge in [0.05, 0.1) is 22.5 Å². The lowest BCUT2D eigenvalue weighted by Crippen LogP contribution is -2.08. The number of hydrogen-bond donors (Lipinski definition) is 1. The van der Waals surface area contributed by atoms with Crippen LogP contribution in [0.4, 0.5) is 18.9 Å². The number of aromatic nitrogens is 3. The van der Waals surface area contributed by atoms with Gasteiger partial charge in [-0.15, -0.1) is 0 Å². The molecule has 0 bridgehead atoms. The Balaban J connectivity index is 1.74. The molecule has 0 spiro atoms. The molecule has 5 nitrogen and oxygen atoms in total. The van der Waals surface area contributed by atoms with Gasteiger partial charge in [0.25, 0.3) is 0 Å². The van der Waals surface area contributed by atoms with Gasteiger partial charge in [-0.2, -0.15) is 23.5 Å². The van der Waals surface area contributed by atoms with Crippen LogP contribution in [0.2, 0.25) is 0 Å². The lowest BCUT2D eigenvalue weighted by Gasteiger charge is -2.12. The van der Waals surface area contributed by atoms with Crippen molar-refractivity contribution in [1.29, 1.82) is 5.26 Å². The first kappa shape index (κ1) is 18.5. The average Bonchev–Trinajstić information content (AvgIpc) is 2.97. The van der Waals surface area contributed by atoms with Gasteiger partial charge < -0.3 is 5.32 Å². The largest absolute Gasteiger partial charge is 0.416 e. The van der Waals surface area contributed by atoms with Crippen LogP contribution in [-0.4, -0.2) is 14.8 Å². The van der Waals surface area contributed by atoms with Gasteiger partial charge in [-0.3, -0.25) is 0 Å².